The molecule has 0 aromatic heterocycles. The Balaban J connectivity index is 2.55. The fourth-order valence-corrected chi connectivity index (χ4v) is 1.87. The van der Waals surface area contributed by atoms with Crippen LogP contribution in [-0.4, -0.2) is 26.6 Å². The second kappa shape index (κ2) is 7.06. The number of hydrogen-bond donors (Lipinski definition) is 1. The molecule has 3 nitrogen and oxygen atoms in total. The first kappa shape index (κ1) is 14.6. The topological polar surface area (TPSA) is 30.5 Å². The van der Waals surface area contributed by atoms with Gasteiger partial charge in [0.25, 0.3) is 0 Å². The van der Waals surface area contributed by atoms with Crippen molar-refractivity contribution in [3.63, 3.8) is 0 Å². The molecule has 0 saturated heterocycles. The summed E-state index contributed by atoms with van der Waals surface area (Å²) in [5, 5.41) is 3.16. The average molecular weight is 306 g/mol. The first-order valence-electron chi connectivity index (χ1n) is 5.31. The second-order valence-electron chi connectivity index (χ2n) is 3.75. The summed E-state index contributed by atoms with van der Waals surface area (Å²) in [7, 11) is 3.15. The van der Waals surface area contributed by atoms with Crippen LogP contribution in [0.5, 0.6) is 0 Å². The van der Waals surface area contributed by atoms with E-state index in [2.05, 4.69) is 21.2 Å². The fourth-order valence-electron chi connectivity index (χ4n) is 1.54. The lowest BCUT2D eigenvalue weighted by Crippen LogP contribution is -2.39. The van der Waals surface area contributed by atoms with Crippen molar-refractivity contribution >= 4 is 15.9 Å². The molecule has 1 aromatic carbocycles. The number of benzene rings is 1. The third-order valence-electron chi connectivity index (χ3n) is 2.50. The summed E-state index contributed by atoms with van der Waals surface area (Å²) >= 11 is 3.22. The zero-order valence-electron chi connectivity index (χ0n) is 10.2. The van der Waals surface area contributed by atoms with Crippen molar-refractivity contribution in [2.45, 2.75) is 25.8 Å². The molecule has 0 aliphatic rings. The average Bonchev–Trinajstić information content (AvgIpc) is 2.29. The molecule has 0 saturated carbocycles. The molecule has 0 radical (unpaired) electrons. The lowest BCUT2D eigenvalue weighted by Gasteiger charge is -2.22. The van der Waals surface area contributed by atoms with Crippen molar-refractivity contribution < 1.29 is 13.9 Å². The molecule has 0 heterocycles. The first-order valence-corrected chi connectivity index (χ1v) is 6.10. The Hall–Kier alpha value is -0.490. The van der Waals surface area contributed by atoms with Crippen molar-refractivity contribution in [1.29, 1.82) is 0 Å². The molecule has 0 aliphatic heterocycles. The van der Waals surface area contributed by atoms with Crippen molar-refractivity contribution in [3.8, 4) is 0 Å². The van der Waals surface area contributed by atoms with Gasteiger partial charge in [0.15, 0.2) is 6.29 Å². The van der Waals surface area contributed by atoms with Gasteiger partial charge in [-0.1, -0.05) is 22.0 Å². The summed E-state index contributed by atoms with van der Waals surface area (Å²) in [6.07, 6.45) is -0.339. The predicted molar refractivity (Wildman–Crippen MR) is 68.2 cm³/mol. The SMILES string of the molecule is COC(OC)C(C)NCc1ccc(Br)cc1F. The van der Waals surface area contributed by atoms with Crippen molar-refractivity contribution in [3.05, 3.63) is 34.1 Å². The summed E-state index contributed by atoms with van der Waals surface area (Å²) in [4.78, 5) is 0. The summed E-state index contributed by atoms with van der Waals surface area (Å²) in [5.74, 6) is -0.231. The Morgan fingerprint density at radius 2 is 2.00 bits per heavy atom. The van der Waals surface area contributed by atoms with Crippen molar-refractivity contribution in [2.24, 2.45) is 0 Å². The predicted octanol–water partition coefficient (Wildman–Crippen LogP) is 2.69. The van der Waals surface area contributed by atoms with Crippen LogP contribution in [0.2, 0.25) is 0 Å². The Morgan fingerprint density at radius 1 is 1.35 bits per heavy atom. The minimum Gasteiger partial charge on any atom is -0.354 e. The third kappa shape index (κ3) is 4.35. The lowest BCUT2D eigenvalue weighted by molar-refractivity contribution is -0.119. The van der Waals surface area contributed by atoms with E-state index in [1.54, 1.807) is 20.3 Å². The van der Waals surface area contributed by atoms with E-state index in [-0.39, 0.29) is 18.1 Å². The summed E-state index contributed by atoms with van der Waals surface area (Å²) in [6, 6.07) is 4.99. The Labute approximate surface area is 109 Å². The van der Waals surface area contributed by atoms with Crippen LogP contribution in [-0.2, 0) is 16.0 Å². The van der Waals surface area contributed by atoms with Gasteiger partial charge in [0.2, 0.25) is 0 Å². The highest BCUT2D eigenvalue weighted by atomic mass is 79.9. The molecule has 0 fully saturated rings. The van der Waals surface area contributed by atoms with Gasteiger partial charge in [0, 0.05) is 30.8 Å². The minimum absolute atomic E-state index is 0.0203. The molecule has 0 amide bonds. The highest BCUT2D eigenvalue weighted by Gasteiger charge is 2.15. The summed E-state index contributed by atoms with van der Waals surface area (Å²) < 4.78 is 24.5. The lowest BCUT2D eigenvalue weighted by atomic mass is 10.2. The van der Waals surface area contributed by atoms with E-state index in [9.17, 15) is 4.39 Å². The molecule has 96 valence electrons. The van der Waals surface area contributed by atoms with Crippen LogP contribution in [0, 0.1) is 5.82 Å². The molecule has 1 atom stereocenters. The van der Waals surface area contributed by atoms with Gasteiger partial charge < -0.3 is 14.8 Å². The first-order chi connectivity index (χ1) is 8.08. The number of hydrogen-bond acceptors (Lipinski definition) is 3. The largest absolute Gasteiger partial charge is 0.354 e. The van der Waals surface area contributed by atoms with Gasteiger partial charge in [-0.25, -0.2) is 4.39 Å². The molecule has 0 bridgehead atoms. The molecular formula is C12H17BrFNO2. The summed E-state index contributed by atoms with van der Waals surface area (Å²) in [6.45, 7) is 2.36. The van der Waals surface area contributed by atoms with Crippen LogP contribution in [0.4, 0.5) is 4.39 Å². The van der Waals surface area contributed by atoms with E-state index in [0.717, 1.165) is 4.47 Å². The minimum atomic E-state index is -0.339. The quantitative estimate of drug-likeness (QED) is 0.820. The number of halogens is 2. The third-order valence-corrected chi connectivity index (χ3v) is 3.00. The van der Waals surface area contributed by atoms with E-state index in [4.69, 9.17) is 9.47 Å². The van der Waals surface area contributed by atoms with Crippen LogP contribution in [0.25, 0.3) is 0 Å². The number of methoxy groups -OCH3 is 2. The molecule has 0 spiro atoms. The highest BCUT2D eigenvalue weighted by molar-refractivity contribution is 9.10. The molecule has 0 aliphatic carbocycles. The number of nitrogens with one attached hydrogen (secondary N) is 1. The molecule has 1 aromatic rings. The Kier molecular flexibility index (Phi) is 6.05. The van der Waals surface area contributed by atoms with E-state index >= 15 is 0 Å². The van der Waals surface area contributed by atoms with Gasteiger partial charge in [-0.05, 0) is 19.1 Å². The molecule has 5 heteroatoms. The van der Waals surface area contributed by atoms with Crippen LogP contribution < -0.4 is 5.32 Å². The standard InChI is InChI=1S/C12H17BrFNO2/c1-8(12(16-2)17-3)15-7-9-4-5-10(13)6-11(9)14/h4-6,8,12,15H,7H2,1-3H3. The maximum absolute atomic E-state index is 13.5. The second-order valence-corrected chi connectivity index (χ2v) is 4.66. The molecule has 1 N–H and O–H groups in total. The van der Waals surface area contributed by atoms with Crippen LogP contribution in [0.3, 0.4) is 0 Å². The van der Waals surface area contributed by atoms with Gasteiger partial charge >= 0.3 is 0 Å². The van der Waals surface area contributed by atoms with E-state index in [0.29, 0.717) is 12.1 Å². The van der Waals surface area contributed by atoms with E-state index < -0.39 is 0 Å². The van der Waals surface area contributed by atoms with Crippen LogP contribution in [0.1, 0.15) is 12.5 Å². The molecule has 1 unspecified atom stereocenters. The fraction of sp³-hybridized carbons (Fsp3) is 0.500. The van der Waals surface area contributed by atoms with Gasteiger partial charge in [0.1, 0.15) is 5.82 Å². The molecule has 17 heavy (non-hydrogen) atoms. The normalized spacial score (nSPS) is 13.1. The monoisotopic (exact) mass is 305 g/mol. The Bertz CT molecular complexity index is 358. The van der Waals surface area contributed by atoms with Gasteiger partial charge in [-0.2, -0.15) is 0 Å². The smallest absolute Gasteiger partial charge is 0.171 e. The van der Waals surface area contributed by atoms with Crippen LogP contribution in [0.15, 0.2) is 22.7 Å². The maximum atomic E-state index is 13.5. The van der Waals surface area contributed by atoms with Crippen LogP contribution >= 0.6 is 15.9 Å². The zero-order valence-corrected chi connectivity index (χ0v) is 11.8. The van der Waals surface area contributed by atoms with E-state index in [1.165, 1.54) is 6.07 Å². The highest BCUT2D eigenvalue weighted by Crippen LogP contribution is 2.15. The Morgan fingerprint density at radius 3 is 2.53 bits per heavy atom. The van der Waals surface area contributed by atoms with Gasteiger partial charge in [0.05, 0.1) is 6.04 Å². The van der Waals surface area contributed by atoms with Crippen molar-refractivity contribution in [2.75, 3.05) is 14.2 Å². The molecular weight excluding hydrogens is 289 g/mol. The van der Waals surface area contributed by atoms with Crippen molar-refractivity contribution in [1.82, 2.24) is 5.32 Å². The number of rotatable bonds is 6. The zero-order chi connectivity index (χ0) is 12.8. The van der Waals surface area contributed by atoms with Gasteiger partial charge in [-0.3, -0.25) is 0 Å². The summed E-state index contributed by atoms with van der Waals surface area (Å²) in [5.41, 5.74) is 0.617. The van der Waals surface area contributed by atoms with Gasteiger partial charge in [-0.15, -0.1) is 0 Å². The van der Waals surface area contributed by atoms with E-state index in [1.807, 2.05) is 13.0 Å². The maximum Gasteiger partial charge on any atom is 0.171 e. The molecule has 1 rings (SSSR count). The number of ether oxygens (including phenoxy) is 2.